The summed E-state index contributed by atoms with van der Waals surface area (Å²) < 4.78 is 6.85. The minimum atomic E-state index is -0.0279. The third-order valence-electron chi connectivity index (χ3n) is 3.61. The van der Waals surface area contributed by atoms with Gasteiger partial charge in [-0.1, -0.05) is 11.6 Å². The fraction of sp³-hybridized carbons (Fsp3) is 0.643. The number of rotatable bonds is 5. The highest BCUT2D eigenvalue weighted by molar-refractivity contribution is 9.10. The molecule has 1 aliphatic rings. The SMILES string of the molecule is CCOC(=O)C1CCC(NCc2cc(Br)c(Cl)s2)CC1. The van der Waals surface area contributed by atoms with Crippen LogP contribution in [0.3, 0.4) is 0 Å². The van der Waals surface area contributed by atoms with Gasteiger partial charge in [0.1, 0.15) is 4.34 Å². The molecule has 0 unspecified atom stereocenters. The average molecular weight is 381 g/mol. The number of carbonyl (C=O) groups is 1. The van der Waals surface area contributed by atoms with Crippen molar-refractivity contribution in [3.8, 4) is 0 Å². The van der Waals surface area contributed by atoms with Gasteiger partial charge in [-0.2, -0.15) is 0 Å². The summed E-state index contributed by atoms with van der Waals surface area (Å²) in [5.74, 6) is 0.0678. The summed E-state index contributed by atoms with van der Waals surface area (Å²) in [6, 6.07) is 2.55. The number of esters is 1. The van der Waals surface area contributed by atoms with Gasteiger partial charge < -0.3 is 10.1 Å². The van der Waals surface area contributed by atoms with Crippen LogP contribution >= 0.6 is 38.9 Å². The fourth-order valence-corrected chi connectivity index (χ4v) is 4.26. The van der Waals surface area contributed by atoms with Crippen molar-refractivity contribution in [2.75, 3.05) is 6.61 Å². The highest BCUT2D eigenvalue weighted by atomic mass is 79.9. The van der Waals surface area contributed by atoms with Gasteiger partial charge in [-0.15, -0.1) is 11.3 Å². The van der Waals surface area contributed by atoms with Crippen molar-refractivity contribution in [1.29, 1.82) is 0 Å². The van der Waals surface area contributed by atoms with E-state index in [1.54, 1.807) is 11.3 Å². The average Bonchev–Trinajstić information content (AvgIpc) is 2.76. The van der Waals surface area contributed by atoms with Crippen molar-refractivity contribution in [2.45, 2.75) is 45.2 Å². The van der Waals surface area contributed by atoms with E-state index in [9.17, 15) is 4.79 Å². The normalized spacial score (nSPS) is 22.8. The Morgan fingerprint density at radius 3 is 2.75 bits per heavy atom. The summed E-state index contributed by atoms with van der Waals surface area (Å²) in [6.45, 7) is 3.17. The molecule has 3 nitrogen and oxygen atoms in total. The van der Waals surface area contributed by atoms with E-state index in [4.69, 9.17) is 16.3 Å². The van der Waals surface area contributed by atoms with Crippen LogP contribution in [0.25, 0.3) is 0 Å². The summed E-state index contributed by atoms with van der Waals surface area (Å²) in [5.41, 5.74) is 0. The van der Waals surface area contributed by atoms with E-state index in [2.05, 4.69) is 27.3 Å². The van der Waals surface area contributed by atoms with Crippen LogP contribution in [0.4, 0.5) is 0 Å². The second-order valence-corrected chi connectivity index (χ2v) is 7.61. The maximum absolute atomic E-state index is 11.7. The quantitative estimate of drug-likeness (QED) is 0.771. The zero-order valence-electron chi connectivity index (χ0n) is 11.5. The Labute approximate surface area is 137 Å². The summed E-state index contributed by atoms with van der Waals surface area (Å²) >= 11 is 11.0. The molecule has 1 fully saturated rings. The molecule has 0 aromatic carbocycles. The minimum Gasteiger partial charge on any atom is -0.466 e. The van der Waals surface area contributed by atoms with Crippen LogP contribution in [0.5, 0.6) is 0 Å². The Kier molecular flexibility index (Phi) is 6.33. The second kappa shape index (κ2) is 7.78. The molecule has 20 heavy (non-hydrogen) atoms. The van der Waals surface area contributed by atoms with Crippen molar-refractivity contribution in [2.24, 2.45) is 5.92 Å². The standard InChI is InChI=1S/C14H19BrClNO2S/c1-2-19-14(18)9-3-5-10(6-4-9)17-8-11-7-12(15)13(16)20-11/h7,9-10,17H,2-6,8H2,1H3. The van der Waals surface area contributed by atoms with E-state index in [0.717, 1.165) is 41.0 Å². The first kappa shape index (κ1) is 16.3. The van der Waals surface area contributed by atoms with Gasteiger partial charge in [0.15, 0.2) is 0 Å². The lowest BCUT2D eigenvalue weighted by Gasteiger charge is -2.27. The number of nitrogens with one attached hydrogen (secondary N) is 1. The van der Waals surface area contributed by atoms with Crippen LogP contribution in [0, 0.1) is 5.92 Å². The van der Waals surface area contributed by atoms with Crippen molar-refractivity contribution in [3.05, 3.63) is 19.8 Å². The van der Waals surface area contributed by atoms with Gasteiger partial charge in [-0.3, -0.25) is 4.79 Å². The molecular weight excluding hydrogens is 362 g/mol. The van der Waals surface area contributed by atoms with Crippen LogP contribution in [-0.4, -0.2) is 18.6 Å². The zero-order chi connectivity index (χ0) is 14.5. The highest BCUT2D eigenvalue weighted by Gasteiger charge is 2.26. The fourth-order valence-electron chi connectivity index (χ4n) is 2.52. The van der Waals surface area contributed by atoms with E-state index in [0.29, 0.717) is 12.6 Å². The zero-order valence-corrected chi connectivity index (χ0v) is 14.6. The number of halogens is 2. The van der Waals surface area contributed by atoms with Crippen LogP contribution in [-0.2, 0) is 16.1 Å². The first-order valence-corrected chi connectivity index (χ1v) is 8.92. The van der Waals surface area contributed by atoms with Crippen LogP contribution in [0.2, 0.25) is 4.34 Å². The minimum absolute atomic E-state index is 0.0279. The summed E-state index contributed by atoms with van der Waals surface area (Å²) in [6.07, 6.45) is 3.91. The smallest absolute Gasteiger partial charge is 0.308 e. The van der Waals surface area contributed by atoms with E-state index < -0.39 is 0 Å². The van der Waals surface area contributed by atoms with E-state index in [-0.39, 0.29) is 11.9 Å². The first-order valence-electron chi connectivity index (χ1n) is 6.94. The van der Waals surface area contributed by atoms with Gasteiger partial charge in [0.05, 0.1) is 12.5 Å². The molecule has 0 aliphatic heterocycles. The van der Waals surface area contributed by atoms with Crippen molar-refractivity contribution in [3.63, 3.8) is 0 Å². The Bertz CT molecular complexity index is 439. The van der Waals surface area contributed by atoms with Gasteiger partial charge >= 0.3 is 5.97 Å². The molecule has 1 aromatic heterocycles. The third kappa shape index (κ3) is 4.45. The number of ether oxygens (including phenoxy) is 1. The van der Waals surface area contributed by atoms with E-state index in [1.165, 1.54) is 4.88 Å². The molecular formula is C14H19BrClNO2S. The lowest BCUT2D eigenvalue weighted by atomic mass is 9.86. The van der Waals surface area contributed by atoms with Crippen LogP contribution < -0.4 is 5.32 Å². The summed E-state index contributed by atoms with van der Waals surface area (Å²) in [4.78, 5) is 12.9. The number of carbonyl (C=O) groups excluding carboxylic acids is 1. The molecule has 0 spiro atoms. The molecule has 1 N–H and O–H groups in total. The lowest BCUT2D eigenvalue weighted by molar-refractivity contribution is -0.149. The molecule has 1 aromatic rings. The summed E-state index contributed by atoms with van der Waals surface area (Å²) in [7, 11) is 0. The summed E-state index contributed by atoms with van der Waals surface area (Å²) in [5, 5.41) is 3.55. The second-order valence-electron chi connectivity index (χ2n) is 5.02. The number of thiophene rings is 1. The van der Waals surface area contributed by atoms with E-state index in [1.807, 2.05) is 6.92 Å². The lowest BCUT2D eigenvalue weighted by Crippen LogP contribution is -2.34. The Balaban J connectivity index is 1.73. The van der Waals surface area contributed by atoms with Crippen molar-refractivity contribution in [1.82, 2.24) is 5.32 Å². The Hall–Kier alpha value is -0.100. The maximum Gasteiger partial charge on any atom is 0.308 e. The van der Waals surface area contributed by atoms with Crippen molar-refractivity contribution >= 4 is 44.8 Å². The molecule has 0 bridgehead atoms. The predicted octanol–water partition coefficient (Wildman–Crippen LogP) is 4.38. The monoisotopic (exact) mass is 379 g/mol. The maximum atomic E-state index is 11.7. The molecule has 6 heteroatoms. The topological polar surface area (TPSA) is 38.3 Å². The Morgan fingerprint density at radius 1 is 1.50 bits per heavy atom. The molecule has 0 atom stereocenters. The molecule has 0 saturated heterocycles. The number of hydrogen-bond donors (Lipinski definition) is 1. The van der Waals surface area contributed by atoms with Gasteiger partial charge in [0.2, 0.25) is 0 Å². The Morgan fingerprint density at radius 2 is 2.20 bits per heavy atom. The molecule has 1 aliphatic carbocycles. The van der Waals surface area contributed by atoms with Gasteiger partial charge in [-0.05, 0) is 54.6 Å². The van der Waals surface area contributed by atoms with Gasteiger partial charge in [-0.25, -0.2) is 0 Å². The molecule has 0 amide bonds. The third-order valence-corrected chi connectivity index (χ3v) is 6.08. The highest BCUT2D eigenvalue weighted by Crippen LogP contribution is 2.32. The molecule has 1 heterocycles. The predicted molar refractivity (Wildman–Crippen MR) is 86.2 cm³/mol. The van der Waals surface area contributed by atoms with Gasteiger partial charge in [0, 0.05) is 21.9 Å². The molecule has 2 rings (SSSR count). The van der Waals surface area contributed by atoms with Crippen LogP contribution in [0.15, 0.2) is 10.5 Å². The van der Waals surface area contributed by atoms with E-state index >= 15 is 0 Å². The molecule has 112 valence electrons. The van der Waals surface area contributed by atoms with Gasteiger partial charge in [0.25, 0.3) is 0 Å². The number of hydrogen-bond acceptors (Lipinski definition) is 4. The van der Waals surface area contributed by atoms with Crippen LogP contribution in [0.1, 0.15) is 37.5 Å². The molecule has 0 radical (unpaired) electrons. The van der Waals surface area contributed by atoms with Crippen molar-refractivity contribution < 1.29 is 9.53 Å². The first-order chi connectivity index (χ1) is 9.60. The largest absolute Gasteiger partial charge is 0.466 e. The molecule has 1 saturated carbocycles.